The fraction of sp³-hybridized carbons (Fsp3) is 0.227. The van der Waals surface area contributed by atoms with Crippen LogP contribution in [-0.4, -0.2) is 21.4 Å². The molecule has 6 heteroatoms. The normalized spacial score (nSPS) is 12.5. The van der Waals surface area contributed by atoms with Gasteiger partial charge in [-0.3, -0.25) is 0 Å². The number of benzene rings is 1. The summed E-state index contributed by atoms with van der Waals surface area (Å²) in [7, 11) is 0. The van der Waals surface area contributed by atoms with E-state index in [1.54, 1.807) is 43.6 Å². The first-order valence-electron chi connectivity index (χ1n) is 8.75. The van der Waals surface area contributed by atoms with Crippen molar-refractivity contribution in [3.05, 3.63) is 93.5 Å². The molecule has 146 valence electrons. The van der Waals surface area contributed by atoms with Crippen LogP contribution in [0.1, 0.15) is 29.2 Å². The summed E-state index contributed by atoms with van der Waals surface area (Å²) < 4.78 is 0. The SMILES string of the molecule is Cc1ccccc1CC(C)(O)c1ccnc(Cl)c1.O=CCc1ccnc(Cl)c1. The van der Waals surface area contributed by atoms with E-state index in [1.165, 1.54) is 5.56 Å². The van der Waals surface area contributed by atoms with Crippen molar-refractivity contribution in [2.45, 2.75) is 32.3 Å². The third kappa shape index (κ3) is 6.71. The van der Waals surface area contributed by atoms with Gasteiger partial charge in [-0.05, 0) is 60.4 Å². The number of halogens is 2. The maximum atomic E-state index is 10.6. The van der Waals surface area contributed by atoms with Gasteiger partial charge in [0, 0.05) is 25.2 Å². The molecular weight excluding hydrogens is 395 g/mol. The van der Waals surface area contributed by atoms with Crippen LogP contribution in [0.25, 0.3) is 0 Å². The first-order chi connectivity index (χ1) is 13.3. The molecule has 3 aromatic rings. The van der Waals surface area contributed by atoms with E-state index < -0.39 is 5.60 Å². The van der Waals surface area contributed by atoms with Crippen molar-refractivity contribution < 1.29 is 9.90 Å². The molecule has 0 bridgehead atoms. The van der Waals surface area contributed by atoms with Gasteiger partial charge >= 0.3 is 0 Å². The molecule has 0 spiro atoms. The Morgan fingerprint density at radius 3 is 2.29 bits per heavy atom. The maximum absolute atomic E-state index is 10.6. The van der Waals surface area contributed by atoms with Gasteiger partial charge in [0.25, 0.3) is 0 Å². The van der Waals surface area contributed by atoms with Crippen molar-refractivity contribution in [3.63, 3.8) is 0 Å². The molecule has 0 saturated carbocycles. The summed E-state index contributed by atoms with van der Waals surface area (Å²) in [4.78, 5) is 17.7. The van der Waals surface area contributed by atoms with Crippen LogP contribution in [0, 0.1) is 6.92 Å². The maximum Gasteiger partial charge on any atom is 0.129 e. The second-order valence-electron chi connectivity index (χ2n) is 6.60. The van der Waals surface area contributed by atoms with Gasteiger partial charge in [0.05, 0.1) is 5.60 Å². The third-order valence-corrected chi connectivity index (χ3v) is 4.67. The van der Waals surface area contributed by atoms with Gasteiger partial charge in [-0.1, -0.05) is 47.5 Å². The summed E-state index contributed by atoms with van der Waals surface area (Å²) in [5.74, 6) is 0. The van der Waals surface area contributed by atoms with Crippen LogP contribution >= 0.6 is 23.2 Å². The van der Waals surface area contributed by atoms with Gasteiger partial charge in [0.1, 0.15) is 16.6 Å². The fourth-order valence-corrected chi connectivity index (χ4v) is 3.05. The summed E-state index contributed by atoms with van der Waals surface area (Å²) in [6.07, 6.45) is 5.00. The molecule has 2 aromatic heterocycles. The summed E-state index contributed by atoms with van der Waals surface area (Å²) in [6.45, 7) is 3.84. The van der Waals surface area contributed by atoms with Gasteiger partial charge < -0.3 is 9.90 Å². The molecule has 0 aliphatic carbocycles. The lowest BCUT2D eigenvalue weighted by molar-refractivity contribution is -0.107. The standard InChI is InChI=1S/C15H16ClNO.C7H6ClNO/c1-11-5-3-4-6-12(11)10-15(2,18)13-7-8-17-14(16)9-13;8-7-5-6(2-4-10)1-3-9-7/h3-9,18H,10H2,1-2H3;1,3-5H,2H2. The zero-order valence-electron chi connectivity index (χ0n) is 15.8. The largest absolute Gasteiger partial charge is 0.385 e. The molecule has 0 amide bonds. The number of pyridine rings is 2. The van der Waals surface area contributed by atoms with E-state index in [1.807, 2.05) is 31.2 Å². The van der Waals surface area contributed by atoms with Crippen LogP contribution in [-0.2, 0) is 23.2 Å². The lowest BCUT2D eigenvalue weighted by Crippen LogP contribution is -2.24. The highest BCUT2D eigenvalue weighted by Crippen LogP contribution is 2.27. The predicted molar refractivity (Wildman–Crippen MR) is 113 cm³/mol. The molecule has 1 N–H and O–H groups in total. The molecule has 3 rings (SSSR count). The molecule has 0 aliphatic heterocycles. The lowest BCUT2D eigenvalue weighted by Gasteiger charge is -2.24. The Morgan fingerprint density at radius 1 is 1.04 bits per heavy atom. The minimum absolute atomic E-state index is 0.401. The molecule has 1 aromatic carbocycles. The van der Waals surface area contributed by atoms with Crippen molar-refractivity contribution in [2.75, 3.05) is 0 Å². The molecule has 1 atom stereocenters. The second-order valence-corrected chi connectivity index (χ2v) is 7.38. The highest BCUT2D eigenvalue weighted by Gasteiger charge is 2.24. The molecule has 28 heavy (non-hydrogen) atoms. The van der Waals surface area contributed by atoms with Gasteiger partial charge in [-0.2, -0.15) is 0 Å². The Bertz CT molecular complexity index is 930. The quantitative estimate of drug-likeness (QED) is 0.470. The highest BCUT2D eigenvalue weighted by molar-refractivity contribution is 6.29. The monoisotopic (exact) mass is 416 g/mol. The van der Waals surface area contributed by atoms with Gasteiger partial charge in [0.15, 0.2) is 0 Å². The van der Waals surface area contributed by atoms with Crippen molar-refractivity contribution in [3.8, 4) is 0 Å². The number of aryl methyl sites for hydroxylation is 1. The molecule has 0 radical (unpaired) electrons. The summed E-state index contributed by atoms with van der Waals surface area (Å²) >= 11 is 11.4. The lowest BCUT2D eigenvalue weighted by atomic mass is 9.88. The van der Waals surface area contributed by atoms with Crippen molar-refractivity contribution in [2.24, 2.45) is 0 Å². The van der Waals surface area contributed by atoms with Crippen molar-refractivity contribution >= 4 is 29.5 Å². The van der Waals surface area contributed by atoms with Gasteiger partial charge in [-0.25, -0.2) is 9.97 Å². The molecule has 0 aliphatic rings. The van der Waals surface area contributed by atoms with Crippen LogP contribution in [0.3, 0.4) is 0 Å². The van der Waals surface area contributed by atoms with E-state index in [0.29, 0.717) is 23.1 Å². The number of hydrogen-bond acceptors (Lipinski definition) is 4. The molecule has 4 nitrogen and oxygen atoms in total. The van der Waals surface area contributed by atoms with Crippen molar-refractivity contribution in [1.82, 2.24) is 9.97 Å². The predicted octanol–water partition coefficient (Wildman–Crippen LogP) is 4.97. The Hall–Kier alpha value is -2.27. The van der Waals surface area contributed by atoms with E-state index in [4.69, 9.17) is 23.2 Å². The summed E-state index contributed by atoms with van der Waals surface area (Å²) in [5.41, 5.74) is 3.05. The van der Waals surface area contributed by atoms with E-state index in [0.717, 1.165) is 23.0 Å². The number of aromatic nitrogens is 2. The molecule has 1 unspecified atom stereocenters. The van der Waals surface area contributed by atoms with Crippen LogP contribution in [0.5, 0.6) is 0 Å². The summed E-state index contributed by atoms with van der Waals surface area (Å²) in [6, 6.07) is 15.0. The number of aliphatic hydroxyl groups is 1. The van der Waals surface area contributed by atoms with Gasteiger partial charge in [-0.15, -0.1) is 0 Å². The third-order valence-electron chi connectivity index (χ3n) is 4.25. The average Bonchev–Trinajstić information content (AvgIpc) is 2.64. The van der Waals surface area contributed by atoms with Crippen LogP contribution < -0.4 is 0 Å². The smallest absolute Gasteiger partial charge is 0.129 e. The Morgan fingerprint density at radius 2 is 1.68 bits per heavy atom. The number of hydrogen-bond donors (Lipinski definition) is 1. The minimum atomic E-state index is -0.946. The van der Waals surface area contributed by atoms with Crippen LogP contribution in [0.2, 0.25) is 10.3 Å². The minimum Gasteiger partial charge on any atom is -0.385 e. The number of carbonyl (C=O) groups is 1. The van der Waals surface area contributed by atoms with Crippen LogP contribution in [0.15, 0.2) is 60.9 Å². The van der Waals surface area contributed by atoms with E-state index in [2.05, 4.69) is 9.97 Å². The number of nitrogens with zero attached hydrogens (tertiary/aromatic N) is 2. The van der Waals surface area contributed by atoms with Gasteiger partial charge in [0.2, 0.25) is 0 Å². The topological polar surface area (TPSA) is 63.1 Å². The van der Waals surface area contributed by atoms with E-state index in [9.17, 15) is 9.90 Å². The van der Waals surface area contributed by atoms with Crippen molar-refractivity contribution in [1.29, 1.82) is 0 Å². The zero-order valence-corrected chi connectivity index (χ0v) is 17.3. The molecule has 2 heterocycles. The second kappa shape index (κ2) is 10.3. The average molecular weight is 417 g/mol. The number of carbonyl (C=O) groups excluding carboxylic acids is 1. The molecule has 0 saturated heterocycles. The Labute approximate surface area is 175 Å². The van der Waals surface area contributed by atoms with E-state index >= 15 is 0 Å². The summed E-state index contributed by atoms with van der Waals surface area (Å²) in [5, 5.41) is 11.4. The highest BCUT2D eigenvalue weighted by atomic mass is 35.5. The molecule has 0 fully saturated rings. The number of aldehydes is 1. The van der Waals surface area contributed by atoms with E-state index in [-0.39, 0.29) is 0 Å². The first-order valence-corrected chi connectivity index (χ1v) is 9.50. The zero-order chi connectivity index (χ0) is 20.6. The first kappa shape index (κ1) is 22.0. The molecular formula is C22H22Cl2N2O2. The fourth-order valence-electron chi connectivity index (χ4n) is 2.68. The Balaban J connectivity index is 0.000000237. The van der Waals surface area contributed by atoms with Crippen LogP contribution in [0.4, 0.5) is 0 Å². The Kier molecular flexibility index (Phi) is 8.12. The number of rotatable bonds is 5.